The third-order valence-corrected chi connectivity index (χ3v) is 3.62. The van der Waals surface area contributed by atoms with Crippen LogP contribution >= 0.6 is 15.9 Å². The van der Waals surface area contributed by atoms with Gasteiger partial charge in [0.1, 0.15) is 5.82 Å². The Balaban J connectivity index is 2.21. The van der Waals surface area contributed by atoms with Gasteiger partial charge in [0.05, 0.1) is 16.6 Å². The smallest absolute Gasteiger partial charge is 0.141 e. The third-order valence-electron chi connectivity index (χ3n) is 2.62. The van der Waals surface area contributed by atoms with E-state index in [-0.39, 0.29) is 12.1 Å². The monoisotopic (exact) mass is 256 g/mol. The fourth-order valence-electron chi connectivity index (χ4n) is 1.35. The van der Waals surface area contributed by atoms with E-state index in [1.54, 1.807) is 6.20 Å². The van der Waals surface area contributed by atoms with E-state index in [9.17, 15) is 5.11 Å². The van der Waals surface area contributed by atoms with E-state index in [4.69, 9.17) is 0 Å². The van der Waals surface area contributed by atoms with Crippen LogP contribution in [0.3, 0.4) is 0 Å². The van der Waals surface area contributed by atoms with Gasteiger partial charge in [-0.25, -0.2) is 4.98 Å². The molecule has 1 saturated carbocycles. The van der Waals surface area contributed by atoms with Crippen LogP contribution in [0.15, 0.2) is 16.7 Å². The first-order chi connectivity index (χ1) is 6.67. The number of nitrogens with one attached hydrogen (secondary N) is 1. The maximum atomic E-state index is 9.17. The molecule has 0 aliphatic heterocycles. The van der Waals surface area contributed by atoms with Crippen LogP contribution in [0, 0.1) is 6.92 Å². The van der Waals surface area contributed by atoms with Gasteiger partial charge in [0.25, 0.3) is 0 Å². The fraction of sp³-hybridized carbons (Fsp3) is 0.500. The summed E-state index contributed by atoms with van der Waals surface area (Å²) < 4.78 is 0.986. The minimum Gasteiger partial charge on any atom is -0.394 e. The van der Waals surface area contributed by atoms with Crippen molar-refractivity contribution in [2.75, 3.05) is 11.9 Å². The molecule has 3 nitrogen and oxygen atoms in total. The van der Waals surface area contributed by atoms with E-state index >= 15 is 0 Å². The second kappa shape index (κ2) is 3.51. The Morgan fingerprint density at radius 1 is 1.64 bits per heavy atom. The average Bonchev–Trinajstić information content (AvgIpc) is 2.94. The first-order valence-electron chi connectivity index (χ1n) is 4.67. The van der Waals surface area contributed by atoms with Crippen LogP contribution in [0.5, 0.6) is 0 Å². The number of pyridine rings is 1. The molecule has 1 aromatic heterocycles. The topological polar surface area (TPSA) is 45.2 Å². The number of aliphatic hydroxyl groups is 1. The lowest BCUT2D eigenvalue weighted by molar-refractivity contribution is 0.266. The standard InChI is InChI=1S/C10H13BrN2O/c1-7-2-5-12-9(8(7)11)13-10(6-14)3-4-10/h2,5,14H,3-4,6H2,1H3,(H,12,13). The molecule has 76 valence electrons. The van der Waals surface area contributed by atoms with E-state index < -0.39 is 0 Å². The molecule has 1 aliphatic rings. The first-order valence-corrected chi connectivity index (χ1v) is 5.46. The molecule has 0 bridgehead atoms. The summed E-state index contributed by atoms with van der Waals surface area (Å²) in [4.78, 5) is 4.24. The maximum Gasteiger partial charge on any atom is 0.141 e. The first kappa shape index (κ1) is 9.93. The van der Waals surface area contributed by atoms with Crippen LogP contribution in [-0.4, -0.2) is 22.2 Å². The van der Waals surface area contributed by atoms with Gasteiger partial charge in [-0.1, -0.05) is 0 Å². The highest BCUT2D eigenvalue weighted by atomic mass is 79.9. The number of hydrogen-bond donors (Lipinski definition) is 2. The van der Waals surface area contributed by atoms with Gasteiger partial charge in [-0.05, 0) is 47.3 Å². The molecule has 0 aromatic carbocycles. The Morgan fingerprint density at radius 3 is 2.93 bits per heavy atom. The van der Waals surface area contributed by atoms with Gasteiger partial charge < -0.3 is 10.4 Å². The molecule has 2 N–H and O–H groups in total. The summed E-state index contributed by atoms with van der Waals surface area (Å²) in [5.74, 6) is 0.830. The molecular weight excluding hydrogens is 244 g/mol. The summed E-state index contributed by atoms with van der Waals surface area (Å²) in [5.41, 5.74) is 1.04. The average molecular weight is 257 g/mol. The third kappa shape index (κ3) is 1.77. The molecule has 0 atom stereocenters. The summed E-state index contributed by atoms with van der Waals surface area (Å²) in [7, 11) is 0. The molecule has 0 unspecified atom stereocenters. The Kier molecular flexibility index (Phi) is 2.49. The van der Waals surface area contributed by atoms with Gasteiger partial charge in [0.15, 0.2) is 0 Å². The van der Waals surface area contributed by atoms with E-state index in [1.807, 2.05) is 13.0 Å². The van der Waals surface area contributed by atoms with Gasteiger partial charge in [-0.15, -0.1) is 0 Å². The second-order valence-corrected chi connectivity index (χ2v) is 4.65. The molecule has 0 spiro atoms. The van der Waals surface area contributed by atoms with Crippen molar-refractivity contribution in [3.63, 3.8) is 0 Å². The van der Waals surface area contributed by atoms with Gasteiger partial charge in [0.2, 0.25) is 0 Å². The second-order valence-electron chi connectivity index (χ2n) is 3.85. The lowest BCUT2D eigenvalue weighted by Gasteiger charge is -2.16. The van der Waals surface area contributed by atoms with E-state index in [1.165, 1.54) is 0 Å². The summed E-state index contributed by atoms with van der Waals surface area (Å²) >= 11 is 3.48. The van der Waals surface area contributed by atoms with Crippen LogP contribution in [0.4, 0.5) is 5.82 Å². The summed E-state index contributed by atoms with van der Waals surface area (Å²) in [6.45, 7) is 2.20. The Morgan fingerprint density at radius 2 is 2.36 bits per heavy atom. The summed E-state index contributed by atoms with van der Waals surface area (Å²) in [6.07, 6.45) is 3.81. The minimum atomic E-state index is -0.108. The highest BCUT2D eigenvalue weighted by Gasteiger charge is 2.42. The number of aliphatic hydroxyl groups excluding tert-OH is 1. The van der Waals surface area contributed by atoms with Gasteiger partial charge in [-0.3, -0.25) is 0 Å². The number of nitrogens with zero attached hydrogens (tertiary/aromatic N) is 1. The molecule has 1 heterocycles. The molecule has 14 heavy (non-hydrogen) atoms. The number of hydrogen-bond acceptors (Lipinski definition) is 3. The predicted molar refractivity (Wildman–Crippen MR) is 59.3 cm³/mol. The lowest BCUT2D eigenvalue weighted by Crippen LogP contribution is -2.26. The SMILES string of the molecule is Cc1ccnc(NC2(CO)CC2)c1Br. The van der Waals surface area contributed by atoms with Crippen LogP contribution < -0.4 is 5.32 Å². The Labute approximate surface area is 91.7 Å². The number of aryl methyl sites for hydroxylation is 1. The van der Waals surface area contributed by atoms with Crippen molar-refractivity contribution < 1.29 is 5.11 Å². The van der Waals surface area contributed by atoms with Crippen molar-refractivity contribution in [2.24, 2.45) is 0 Å². The molecule has 1 aliphatic carbocycles. The molecule has 0 saturated heterocycles. The normalized spacial score (nSPS) is 17.9. The van der Waals surface area contributed by atoms with Crippen molar-refractivity contribution >= 4 is 21.7 Å². The van der Waals surface area contributed by atoms with Gasteiger partial charge >= 0.3 is 0 Å². The molecule has 1 aromatic rings. The lowest BCUT2D eigenvalue weighted by atomic mass is 10.2. The van der Waals surface area contributed by atoms with Crippen LogP contribution in [0.2, 0.25) is 0 Å². The number of rotatable bonds is 3. The zero-order valence-corrected chi connectivity index (χ0v) is 9.63. The van der Waals surface area contributed by atoms with Crippen LogP contribution in [-0.2, 0) is 0 Å². The van der Waals surface area contributed by atoms with E-state index in [2.05, 4.69) is 26.2 Å². The number of anilines is 1. The van der Waals surface area contributed by atoms with Crippen molar-refractivity contribution in [3.05, 3.63) is 22.3 Å². The minimum absolute atomic E-state index is 0.108. The Bertz CT molecular complexity index is 350. The van der Waals surface area contributed by atoms with E-state index in [0.29, 0.717) is 0 Å². The largest absolute Gasteiger partial charge is 0.394 e. The van der Waals surface area contributed by atoms with Crippen molar-refractivity contribution in [3.8, 4) is 0 Å². The van der Waals surface area contributed by atoms with Crippen LogP contribution in [0.1, 0.15) is 18.4 Å². The zero-order chi connectivity index (χ0) is 10.2. The summed E-state index contributed by atoms with van der Waals surface area (Å²) in [6, 6.07) is 1.95. The number of halogens is 1. The molecular formula is C10H13BrN2O. The van der Waals surface area contributed by atoms with Crippen molar-refractivity contribution in [1.82, 2.24) is 4.98 Å². The highest BCUT2D eigenvalue weighted by Crippen LogP contribution is 2.39. The maximum absolute atomic E-state index is 9.17. The fourth-order valence-corrected chi connectivity index (χ4v) is 1.69. The van der Waals surface area contributed by atoms with Crippen molar-refractivity contribution in [2.45, 2.75) is 25.3 Å². The van der Waals surface area contributed by atoms with Crippen molar-refractivity contribution in [1.29, 1.82) is 0 Å². The molecule has 2 rings (SSSR count). The zero-order valence-electron chi connectivity index (χ0n) is 8.05. The quantitative estimate of drug-likeness (QED) is 0.871. The van der Waals surface area contributed by atoms with Gasteiger partial charge in [0, 0.05) is 6.20 Å². The molecule has 4 heteroatoms. The van der Waals surface area contributed by atoms with Crippen LogP contribution in [0.25, 0.3) is 0 Å². The molecule has 0 amide bonds. The summed E-state index contributed by atoms with van der Waals surface area (Å²) in [5, 5.41) is 12.5. The molecule has 1 fully saturated rings. The predicted octanol–water partition coefficient (Wildman–Crippen LogP) is 2.09. The van der Waals surface area contributed by atoms with E-state index in [0.717, 1.165) is 28.7 Å². The number of aromatic nitrogens is 1. The van der Waals surface area contributed by atoms with Gasteiger partial charge in [-0.2, -0.15) is 0 Å². The Hall–Kier alpha value is -0.610. The highest BCUT2D eigenvalue weighted by molar-refractivity contribution is 9.10. The molecule has 0 radical (unpaired) electrons.